The number of amides is 1. The van der Waals surface area contributed by atoms with E-state index < -0.39 is 0 Å². The van der Waals surface area contributed by atoms with Crippen molar-refractivity contribution >= 4 is 5.91 Å². The zero-order valence-electron chi connectivity index (χ0n) is 18.0. The first-order valence-corrected chi connectivity index (χ1v) is 10.9. The number of benzene rings is 1. The van der Waals surface area contributed by atoms with Crippen LogP contribution in [0.1, 0.15) is 11.3 Å². The molecule has 0 spiro atoms. The second-order valence-corrected chi connectivity index (χ2v) is 7.66. The Labute approximate surface area is 189 Å². The summed E-state index contributed by atoms with van der Waals surface area (Å²) in [7, 11) is 0. The Morgan fingerprint density at radius 3 is 2.59 bits per heavy atom. The maximum atomic E-state index is 12.2. The summed E-state index contributed by atoms with van der Waals surface area (Å²) in [6, 6.07) is 23.1. The van der Waals surface area contributed by atoms with E-state index in [0.29, 0.717) is 13.2 Å². The maximum Gasteiger partial charge on any atom is 0.226 e. The Hall–Kier alpha value is -3.40. The quantitative estimate of drug-likeness (QED) is 0.567. The van der Waals surface area contributed by atoms with E-state index in [0.717, 1.165) is 61.0 Å². The summed E-state index contributed by atoms with van der Waals surface area (Å²) in [6.45, 7) is 5.60. The maximum absolute atomic E-state index is 12.2. The molecule has 1 aliphatic rings. The molecule has 6 heteroatoms. The second kappa shape index (κ2) is 11.3. The van der Waals surface area contributed by atoms with E-state index in [9.17, 15) is 4.79 Å². The van der Waals surface area contributed by atoms with Gasteiger partial charge in [0.25, 0.3) is 0 Å². The third-order valence-corrected chi connectivity index (χ3v) is 5.35. The molecule has 0 atom stereocenters. The molecule has 164 valence electrons. The van der Waals surface area contributed by atoms with Gasteiger partial charge >= 0.3 is 0 Å². The molecule has 1 saturated heterocycles. The predicted octanol–water partition coefficient (Wildman–Crippen LogP) is 2.92. The van der Waals surface area contributed by atoms with Crippen molar-refractivity contribution < 1.29 is 14.3 Å². The summed E-state index contributed by atoms with van der Waals surface area (Å²) in [5.74, 6) is 0.800. The van der Waals surface area contributed by atoms with Crippen molar-refractivity contribution in [3.63, 3.8) is 0 Å². The highest BCUT2D eigenvalue weighted by Crippen LogP contribution is 2.22. The fourth-order valence-corrected chi connectivity index (χ4v) is 3.48. The molecular weight excluding hydrogens is 402 g/mol. The molecule has 0 saturated carbocycles. The highest BCUT2D eigenvalue weighted by atomic mass is 16.5. The van der Waals surface area contributed by atoms with Crippen molar-refractivity contribution in [2.75, 3.05) is 39.5 Å². The molecule has 6 nitrogen and oxygen atoms in total. The summed E-state index contributed by atoms with van der Waals surface area (Å²) in [5, 5.41) is 2.90. The Balaban J connectivity index is 1.23. The lowest BCUT2D eigenvalue weighted by Gasteiger charge is -2.26. The summed E-state index contributed by atoms with van der Waals surface area (Å²) in [4.78, 5) is 19.0. The molecule has 32 heavy (non-hydrogen) atoms. The van der Waals surface area contributed by atoms with Gasteiger partial charge in [0.05, 0.1) is 19.6 Å². The van der Waals surface area contributed by atoms with Crippen LogP contribution in [0.25, 0.3) is 11.1 Å². The van der Waals surface area contributed by atoms with Crippen molar-refractivity contribution in [3.05, 3.63) is 84.2 Å². The van der Waals surface area contributed by atoms with Crippen LogP contribution in [0.3, 0.4) is 0 Å². The van der Waals surface area contributed by atoms with Crippen LogP contribution >= 0.6 is 0 Å². The average Bonchev–Trinajstić information content (AvgIpc) is 2.85. The molecule has 0 bridgehead atoms. The molecule has 0 radical (unpaired) electrons. The molecule has 2 heterocycles. The van der Waals surface area contributed by atoms with Crippen LogP contribution in [-0.4, -0.2) is 55.2 Å². The highest BCUT2D eigenvalue weighted by molar-refractivity contribution is 5.78. The first-order valence-electron chi connectivity index (χ1n) is 10.9. The van der Waals surface area contributed by atoms with Crippen molar-refractivity contribution in [1.29, 1.82) is 0 Å². The summed E-state index contributed by atoms with van der Waals surface area (Å²) in [6.07, 6.45) is 2.05. The molecule has 1 aromatic heterocycles. The van der Waals surface area contributed by atoms with Crippen molar-refractivity contribution in [3.8, 4) is 16.9 Å². The van der Waals surface area contributed by atoms with E-state index in [4.69, 9.17) is 9.47 Å². The van der Waals surface area contributed by atoms with Crippen molar-refractivity contribution in [2.24, 2.45) is 0 Å². The topological polar surface area (TPSA) is 63.7 Å². The summed E-state index contributed by atoms with van der Waals surface area (Å²) in [5.41, 5.74) is 3.80. The third kappa shape index (κ3) is 6.55. The molecule has 0 unspecified atom stereocenters. The van der Waals surface area contributed by atoms with E-state index in [1.807, 2.05) is 48.5 Å². The lowest BCUT2D eigenvalue weighted by atomic mass is 10.1. The zero-order chi connectivity index (χ0) is 22.0. The van der Waals surface area contributed by atoms with Gasteiger partial charge in [0.2, 0.25) is 5.91 Å². The fraction of sp³-hybridized carbons (Fsp3) is 0.308. The normalized spacial score (nSPS) is 13.9. The van der Waals surface area contributed by atoms with Crippen LogP contribution < -0.4 is 10.1 Å². The number of carbonyl (C=O) groups is 1. The minimum absolute atomic E-state index is 0.0586. The van der Waals surface area contributed by atoms with Gasteiger partial charge in [-0.05, 0) is 47.5 Å². The number of hydrogen-bond donors (Lipinski definition) is 1. The number of rotatable bonds is 9. The Bertz CT molecular complexity index is 969. The fourth-order valence-electron chi connectivity index (χ4n) is 3.48. The Morgan fingerprint density at radius 1 is 1.06 bits per heavy atom. The van der Waals surface area contributed by atoms with Gasteiger partial charge in [-0.1, -0.05) is 30.3 Å². The van der Waals surface area contributed by atoms with E-state index >= 15 is 0 Å². The molecular formula is C26H27N3O3. The summed E-state index contributed by atoms with van der Waals surface area (Å²) < 4.78 is 11.2. The predicted molar refractivity (Wildman–Crippen MR) is 122 cm³/mol. The number of nitrogens with one attached hydrogen (secondary N) is 1. The van der Waals surface area contributed by atoms with Crippen LogP contribution in [0, 0.1) is 12.1 Å². The minimum Gasteiger partial charge on any atom is -0.492 e. The molecule has 1 aliphatic heterocycles. The van der Waals surface area contributed by atoms with Gasteiger partial charge in [0, 0.05) is 43.6 Å². The number of nitrogens with zero attached hydrogens (tertiary/aromatic N) is 2. The standard InChI is InChI=1S/C26H27N3O3/c30-26(28-19-21-4-2-1-3-5-21)18-24-9-6-23(20-27-24)22-7-10-25(11-8-22)32-17-14-29-12-15-31-16-13-29/h2,4-11,20H,12-19H2,(H,28,30). The molecule has 3 aromatic rings. The number of aromatic nitrogens is 1. The van der Waals surface area contributed by atoms with Crippen LogP contribution in [-0.2, 0) is 22.5 Å². The van der Waals surface area contributed by atoms with Gasteiger partial charge in [0.1, 0.15) is 12.4 Å². The Morgan fingerprint density at radius 2 is 1.88 bits per heavy atom. The van der Waals surface area contributed by atoms with Gasteiger partial charge in [-0.25, -0.2) is 0 Å². The van der Waals surface area contributed by atoms with E-state index in [2.05, 4.69) is 27.3 Å². The first-order chi connectivity index (χ1) is 15.8. The lowest BCUT2D eigenvalue weighted by Crippen LogP contribution is -2.38. The van der Waals surface area contributed by atoms with Gasteiger partial charge in [-0.2, -0.15) is 0 Å². The Kier molecular flexibility index (Phi) is 7.69. The van der Waals surface area contributed by atoms with Gasteiger partial charge < -0.3 is 14.8 Å². The van der Waals surface area contributed by atoms with Crippen LogP contribution in [0.5, 0.6) is 5.75 Å². The van der Waals surface area contributed by atoms with Crippen molar-refractivity contribution in [1.82, 2.24) is 15.2 Å². The molecule has 1 amide bonds. The third-order valence-electron chi connectivity index (χ3n) is 5.35. The van der Waals surface area contributed by atoms with Crippen molar-refractivity contribution in [2.45, 2.75) is 13.0 Å². The van der Waals surface area contributed by atoms with Gasteiger partial charge in [-0.3, -0.25) is 14.7 Å². The average molecular weight is 430 g/mol. The second-order valence-electron chi connectivity index (χ2n) is 7.66. The lowest BCUT2D eigenvalue weighted by molar-refractivity contribution is -0.120. The van der Waals surface area contributed by atoms with Gasteiger partial charge in [-0.15, -0.1) is 0 Å². The highest BCUT2D eigenvalue weighted by Gasteiger charge is 2.10. The molecule has 1 fully saturated rings. The smallest absolute Gasteiger partial charge is 0.226 e. The summed E-state index contributed by atoms with van der Waals surface area (Å²) >= 11 is 0. The van der Waals surface area contributed by atoms with Crippen LogP contribution in [0.2, 0.25) is 0 Å². The molecule has 0 aliphatic carbocycles. The first kappa shape index (κ1) is 21.8. The number of ether oxygens (including phenoxy) is 2. The molecule has 1 N–H and O–H groups in total. The molecule has 2 aromatic carbocycles. The van der Waals surface area contributed by atoms with E-state index in [1.54, 1.807) is 12.3 Å². The largest absolute Gasteiger partial charge is 0.492 e. The monoisotopic (exact) mass is 429 g/mol. The van der Waals surface area contributed by atoms with E-state index in [-0.39, 0.29) is 12.3 Å². The number of pyridine rings is 1. The van der Waals surface area contributed by atoms with E-state index in [1.165, 1.54) is 0 Å². The minimum atomic E-state index is -0.0586. The van der Waals surface area contributed by atoms with Crippen LogP contribution in [0.4, 0.5) is 0 Å². The number of carbonyl (C=O) groups excluding carboxylic acids is 1. The number of morpholine rings is 1. The van der Waals surface area contributed by atoms with Gasteiger partial charge in [0.15, 0.2) is 0 Å². The van der Waals surface area contributed by atoms with Crippen LogP contribution in [0.15, 0.2) is 60.8 Å². The molecule has 4 rings (SSSR count). The zero-order valence-corrected chi connectivity index (χ0v) is 18.0. The SMILES string of the molecule is O=C(Cc1ccc(-c2ccc(OCCN3CCOCC3)cc2)cn1)NCc1cc#ccc1. The number of hydrogen-bond acceptors (Lipinski definition) is 5.